The van der Waals surface area contributed by atoms with E-state index in [9.17, 15) is 4.79 Å². The van der Waals surface area contributed by atoms with Gasteiger partial charge in [0.15, 0.2) is 5.78 Å². The zero-order valence-electron chi connectivity index (χ0n) is 12.1. The van der Waals surface area contributed by atoms with Crippen LogP contribution in [0.3, 0.4) is 0 Å². The van der Waals surface area contributed by atoms with Crippen molar-refractivity contribution in [2.24, 2.45) is 0 Å². The Kier molecular flexibility index (Phi) is 5.14. The highest BCUT2D eigenvalue weighted by atomic mass is 16.1. The summed E-state index contributed by atoms with van der Waals surface area (Å²) in [7, 11) is 0. The molecule has 19 heavy (non-hydrogen) atoms. The first kappa shape index (κ1) is 14.3. The molecule has 106 valence electrons. The number of aromatic nitrogens is 2. The van der Waals surface area contributed by atoms with Crippen LogP contribution in [-0.2, 0) is 11.2 Å². The largest absolute Gasteiger partial charge is 0.307 e. The first-order chi connectivity index (χ1) is 9.19. The van der Waals surface area contributed by atoms with E-state index < -0.39 is 0 Å². The molecule has 1 atom stereocenters. The van der Waals surface area contributed by atoms with Crippen LogP contribution in [0.2, 0.25) is 0 Å². The third-order valence-electron chi connectivity index (χ3n) is 4.03. The van der Waals surface area contributed by atoms with Gasteiger partial charge < -0.3 is 5.32 Å². The minimum absolute atomic E-state index is 0.237. The van der Waals surface area contributed by atoms with Crippen LogP contribution in [0.15, 0.2) is 12.3 Å². The molecule has 4 heteroatoms. The number of carbonyl (C=O) groups excluding carboxylic acids is 1. The van der Waals surface area contributed by atoms with Crippen LogP contribution in [0.5, 0.6) is 0 Å². The maximum atomic E-state index is 11.9. The predicted octanol–water partition coefficient (Wildman–Crippen LogP) is 2.50. The molecule has 1 fully saturated rings. The molecule has 1 unspecified atom stereocenters. The molecule has 1 saturated carbocycles. The lowest BCUT2D eigenvalue weighted by molar-refractivity contribution is -0.117. The Labute approximate surface area is 115 Å². The molecule has 1 aliphatic carbocycles. The van der Waals surface area contributed by atoms with Gasteiger partial charge in [0.2, 0.25) is 0 Å². The standard InChI is InChI=1S/C15H25N3O/c1-3-12(2)18-9-8-14(17-18)10-15(19)11-16-13-6-4-5-7-13/h8-9,12-13,16H,3-7,10-11H2,1-2H3. The highest BCUT2D eigenvalue weighted by Crippen LogP contribution is 2.17. The van der Waals surface area contributed by atoms with E-state index in [2.05, 4.69) is 24.3 Å². The molecular formula is C15H25N3O. The second kappa shape index (κ2) is 6.85. The van der Waals surface area contributed by atoms with E-state index in [0.717, 1.165) is 12.1 Å². The Balaban J connectivity index is 1.76. The lowest BCUT2D eigenvalue weighted by Gasteiger charge is -2.10. The van der Waals surface area contributed by atoms with Crippen LogP contribution in [-0.4, -0.2) is 28.2 Å². The van der Waals surface area contributed by atoms with Crippen LogP contribution in [0.4, 0.5) is 0 Å². The van der Waals surface area contributed by atoms with Crippen molar-refractivity contribution in [3.63, 3.8) is 0 Å². The summed E-state index contributed by atoms with van der Waals surface area (Å²) in [5.74, 6) is 0.237. The minimum Gasteiger partial charge on any atom is -0.307 e. The van der Waals surface area contributed by atoms with Gasteiger partial charge in [-0.1, -0.05) is 19.8 Å². The van der Waals surface area contributed by atoms with Gasteiger partial charge in [-0.2, -0.15) is 5.10 Å². The number of carbonyl (C=O) groups is 1. The van der Waals surface area contributed by atoms with Gasteiger partial charge in [-0.15, -0.1) is 0 Å². The first-order valence-corrected chi connectivity index (χ1v) is 7.48. The van der Waals surface area contributed by atoms with Crippen molar-refractivity contribution in [1.29, 1.82) is 0 Å². The molecule has 4 nitrogen and oxygen atoms in total. The molecule has 1 aliphatic rings. The molecule has 0 saturated heterocycles. The highest BCUT2D eigenvalue weighted by Gasteiger charge is 2.16. The maximum Gasteiger partial charge on any atom is 0.152 e. The van der Waals surface area contributed by atoms with Gasteiger partial charge in [0.05, 0.1) is 18.7 Å². The smallest absolute Gasteiger partial charge is 0.152 e. The second-order valence-corrected chi connectivity index (χ2v) is 5.62. The van der Waals surface area contributed by atoms with Crippen molar-refractivity contribution < 1.29 is 4.79 Å². The first-order valence-electron chi connectivity index (χ1n) is 7.48. The average molecular weight is 263 g/mol. The van der Waals surface area contributed by atoms with Crippen molar-refractivity contribution in [2.75, 3.05) is 6.54 Å². The summed E-state index contributed by atoms with van der Waals surface area (Å²) in [6.45, 7) is 4.77. The zero-order chi connectivity index (χ0) is 13.7. The Hall–Kier alpha value is -1.16. The SMILES string of the molecule is CCC(C)n1ccc(CC(=O)CNC2CCCC2)n1. The molecule has 1 aromatic heterocycles. The number of rotatable bonds is 7. The van der Waals surface area contributed by atoms with Gasteiger partial charge in [-0.05, 0) is 32.3 Å². The molecule has 0 aromatic carbocycles. The number of hydrogen-bond donors (Lipinski definition) is 1. The molecular weight excluding hydrogens is 238 g/mol. The van der Waals surface area contributed by atoms with E-state index in [1.807, 2.05) is 16.9 Å². The van der Waals surface area contributed by atoms with E-state index in [0.29, 0.717) is 25.0 Å². The Morgan fingerprint density at radius 3 is 2.95 bits per heavy atom. The van der Waals surface area contributed by atoms with Crippen LogP contribution in [0.1, 0.15) is 57.7 Å². The Bertz CT molecular complexity index is 407. The van der Waals surface area contributed by atoms with Gasteiger partial charge in [0, 0.05) is 18.3 Å². The summed E-state index contributed by atoms with van der Waals surface area (Å²) < 4.78 is 1.95. The molecule has 1 N–H and O–H groups in total. The van der Waals surface area contributed by atoms with Gasteiger partial charge in [0.25, 0.3) is 0 Å². The maximum absolute atomic E-state index is 11.9. The molecule has 1 heterocycles. The lowest BCUT2D eigenvalue weighted by Crippen LogP contribution is -2.32. The number of hydrogen-bond acceptors (Lipinski definition) is 3. The van der Waals surface area contributed by atoms with Gasteiger partial charge in [-0.25, -0.2) is 0 Å². The van der Waals surface area contributed by atoms with Gasteiger partial charge in [0.1, 0.15) is 0 Å². The second-order valence-electron chi connectivity index (χ2n) is 5.62. The highest BCUT2D eigenvalue weighted by molar-refractivity contribution is 5.82. The summed E-state index contributed by atoms with van der Waals surface area (Å²) in [5, 5.41) is 7.83. The van der Waals surface area contributed by atoms with Crippen molar-refractivity contribution in [1.82, 2.24) is 15.1 Å². The third kappa shape index (κ3) is 4.16. The van der Waals surface area contributed by atoms with Crippen LogP contribution < -0.4 is 5.32 Å². The van der Waals surface area contributed by atoms with Crippen molar-refractivity contribution in [3.8, 4) is 0 Å². The van der Waals surface area contributed by atoms with E-state index in [4.69, 9.17) is 0 Å². The third-order valence-corrected chi connectivity index (χ3v) is 4.03. The van der Waals surface area contributed by atoms with E-state index in [1.54, 1.807) is 0 Å². The monoisotopic (exact) mass is 263 g/mol. The normalized spacial score (nSPS) is 17.8. The minimum atomic E-state index is 0.237. The van der Waals surface area contributed by atoms with Crippen molar-refractivity contribution in [3.05, 3.63) is 18.0 Å². The van der Waals surface area contributed by atoms with E-state index in [1.165, 1.54) is 25.7 Å². The molecule has 0 spiro atoms. The number of nitrogens with zero attached hydrogens (tertiary/aromatic N) is 2. The number of Topliss-reactive ketones (excluding diaryl/α,β-unsaturated/α-hetero) is 1. The molecule has 0 aliphatic heterocycles. The molecule has 1 aromatic rings. The van der Waals surface area contributed by atoms with Crippen LogP contribution >= 0.6 is 0 Å². The molecule has 2 rings (SSSR count). The molecule has 0 radical (unpaired) electrons. The van der Waals surface area contributed by atoms with Crippen LogP contribution in [0, 0.1) is 0 Å². The number of nitrogens with one attached hydrogen (secondary N) is 1. The topological polar surface area (TPSA) is 46.9 Å². The predicted molar refractivity (Wildman–Crippen MR) is 76.2 cm³/mol. The summed E-state index contributed by atoms with van der Waals surface area (Å²) in [5.41, 5.74) is 0.888. The van der Waals surface area contributed by atoms with Crippen molar-refractivity contribution >= 4 is 5.78 Å². The van der Waals surface area contributed by atoms with E-state index >= 15 is 0 Å². The van der Waals surface area contributed by atoms with Gasteiger partial charge >= 0.3 is 0 Å². The van der Waals surface area contributed by atoms with Crippen LogP contribution in [0.25, 0.3) is 0 Å². The van der Waals surface area contributed by atoms with E-state index in [-0.39, 0.29) is 5.78 Å². The summed E-state index contributed by atoms with van der Waals surface area (Å²) in [4.78, 5) is 11.9. The Morgan fingerprint density at radius 2 is 2.26 bits per heavy atom. The fourth-order valence-electron chi connectivity index (χ4n) is 2.56. The summed E-state index contributed by atoms with van der Waals surface area (Å²) in [6, 6.07) is 2.92. The fourth-order valence-corrected chi connectivity index (χ4v) is 2.56. The quantitative estimate of drug-likeness (QED) is 0.822. The lowest BCUT2D eigenvalue weighted by atomic mass is 10.2. The fraction of sp³-hybridized carbons (Fsp3) is 0.733. The summed E-state index contributed by atoms with van der Waals surface area (Å²) >= 11 is 0. The Morgan fingerprint density at radius 1 is 1.53 bits per heavy atom. The van der Waals surface area contributed by atoms with Gasteiger partial charge in [-0.3, -0.25) is 9.48 Å². The molecule has 0 bridgehead atoms. The zero-order valence-corrected chi connectivity index (χ0v) is 12.1. The number of ketones is 1. The average Bonchev–Trinajstić information content (AvgIpc) is 3.06. The molecule has 0 amide bonds. The van der Waals surface area contributed by atoms with Crippen molar-refractivity contribution in [2.45, 2.75) is 64.5 Å². The summed E-state index contributed by atoms with van der Waals surface area (Å²) in [6.07, 6.45) is 8.50.